The minimum absolute atomic E-state index is 0.00682. The number of phenols is 2. The number of rotatable bonds is 3. The zero-order valence-electron chi connectivity index (χ0n) is 12.6. The van der Waals surface area contributed by atoms with Gasteiger partial charge in [0.15, 0.2) is 11.5 Å². The van der Waals surface area contributed by atoms with Gasteiger partial charge in [0.25, 0.3) is 0 Å². The molecule has 0 unspecified atom stereocenters. The molecule has 3 rings (SSSR count). The van der Waals surface area contributed by atoms with Crippen LogP contribution in [0.2, 0.25) is 0 Å². The molecule has 0 aliphatic heterocycles. The minimum atomic E-state index is -1.13. The molecule has 3 N–H and O–H groups in total. The molecular weight excluding hydrogens is 292 g/mol. The van der Waals surface area contributed by atoms with Crippen LogP contribution in [0.25, 0.3) is 10.8 Å². The second-order valence-corrected chi connectivity index (χ2v) is 5.52. The van der Waals surface area contributed by atoms with Crippen LogP contribution >= 0.6 is 0 Å². The van der Waals surface area contributed by atoms with E-state index in [1.54, 1.807) is 0 Å². The number of aryl methyl sites for hydroxylation is 1. The first-order chi connectivity index (χ1) is 11.0. The van der Waals surface area contributed by atoms with Gasteiger partial charge in [0.1, 0.15) is 0 Å². The summed E-state index contributed by atoms with van der Waals surface area (Å²) in [4.78, 5) is 11.4. The molecule has 0 atom stereocenters. The Labute approximate surface area is 133 Å². The first-order valence-electron chi connectivity index (χ1n) is 7.23. The van der Waals surface area contributed by atoms with E-state index in [1.165, 1.54) is 12.1 Å². The first kappa shape index (κ1) is 14.9. The van der Waals surface area contributed by atoms with Crippen LogP contribution in [0.5, 0.6) is 11.5 Å². The molecule has 0 spiro atoms. The predicted molar refractivity (Wildman–Crippen MR) is 88.2 cm³/mol. The summed E-state index contributed by atoms with van der Waals surface area (Å²) < 4.78 is 0. The maximum Gasteiger partial charge on any atom is 0.336 e. The van der Waals surface area contributed by atoms with E-state index >= 15 is 0 Å². The Morgan fingerprint density at radius 3 is 2.43 bits per heavy atom. The van der Waals surface area contributed by atoms with E-state index in [4.69, 9.17) is 0 Å². The van der Waals surface area contributed by atoms with E-state index in [0.717, 1.165) is 21.9 Å². The van der Waals surface area contributed by atoms with Gasteiger partial charge >= 0.3 is 5.97 Å². The highest BCUT2D eigenvalue weighted by molar-refractivity contribution is 5.92. The van der Waals surface area contributed by atoms with Crippen molar-refractivity contribution in [1.29, 1.82) is 0 Å². The highest BCUT2D eigenvalue weighted by Gasteiger charge is 2.19. The summed E-state index contributed by atoms with van der Waals surface area (Å²) in [5, 5.41) is 31.3. The van der Waals surface area contributed by atoms with Crippen LogP contribution in [-0.4, -0.2) is 21.3 Å². The number of benzene rings is 3. The number of aromatic hydroxyl groups is 2. The van der Waals surface area contributed by atoms with Gasteiger partial charge < -0.3 is 15.3 Å². The Kier molecular flexibility index (Phi) is 3.66. The average molecular weight is 308 g/mol. The van der Waals surface area contributed by atoms with Gasteiger partial charge in [-0.15, -0.1) is 0 Å². The highest BCUT2D eigenvalue weighted by Crippen LogP contribution is 2.35. The van der Waals surface area contributed by atoms with Crippen molar-refractivity contribution in [3.63, 3.8) is 0 Å². The Balaban J connectivity index is 2.22. The maximum absolute atomic E-state index is 11.4. The van der Waals surface area contributed by atoms with Crippen molar-refractivity contribution in [3.05, 3.63) is 70.8 Å². The summed E-state index contributed by atoms with van der Waals surface area (Å²) in [6, 6.07) is 14.3. The number of carboxylic acid groups (broad SMARTS) is 1. The van der Waals surface area contributed by atoms with Gasteiger partial charge in [-0.1, -0.05) is 36.4 Å². The second-order valence-electron chi connectivity index (χ2n) is 5.52. The monoisotopic (exact) mass is 308 g/mol. The molecule has 0 aromatic heterocycles. The molecular formula is C19H16O4. The molecule has 0 amide bonds. The Hall–Kier alpha value is -3.01. The lowest BCUT2D eigenvalue weighted by Gasteiger charge is -2.14. The Bertz CT molecular complexity index is 913. The van der Waals surface area contributed by atoms with E-state index in [9.17, 15) is 20.1 Å². The molecule has 3 aromatic carbocycles. The van der Waals surface area contributed by atoms with Crippen molar-refractivity contribution >= 4 is 16.7 Å². The number of hydrogen-bond acceptors (Lipinski definition) is 3. The third kappa shape index (κ3) is 2.59. The topological polar surface area (TPSA) is 77.8 Å². The van der Waals surface area contributed by atoms with Crippen LogP contribution in [0.4, 0.5) is 0 Å². The molecule has 0 fully saturated rings. The molecule has 0 radical (unpaired) electrons. The summed E-state index contributed by atoms with van der Waals surface area (Å²) in [5.41, 5.74) is 2.15. The molecule has 0 heterocycles. The molecule has 0 saturated carbocycles. The molecule has 0 bridgehead atoms. The van der Waals surface area contributed by atoms with Gasteiger partial charge in [0.05, 0.1) is 5.56 Å². The third-order valence-corrected chi connectivity index (χ3v) is 4.12. The molecule has 4 nitrogen and oxygen atoms in total. The fraction of sp³-hybridized carbons (Fsp3) is 0.105. The van der Waals surface area contributed by atoms with Gasteiger partial charge in [0, 0.05) is 12.0 Å². The molecule has 4 heteroatoms. The number of carbonyl (C=O) groups is 1. The standard InChI is InChI=1S/C19H16O4/c1-11-6-7-12-4-2-3-5-13(12)15(11)10-16-14(19(22)23)8-9-17(20)18(16)21/h2-9,20-21H,10H2,1H3,(H,22,23). The van der Waals surface area contributed by atoms with Crippen LogP contribution in [0, 0.1) is 6.92 Å². The summed E-state index contributed by atoms with van der Waals surface area (Å²) in [7, 11) is 0. The molecule has 23 heavy (non-hydrogen) atoms. The van der Waals surface area contributed by atoms with Crippen LogP contribution in [0.15, 0.2) is 48.5 Å². The van der Waals surface area contributed by atoms with Crippen molar-refractivity contribution in [2.24, 2.45) is 0 Å². The molecule has 0 aliphatic rings. The van der Waals surface area contributed by atoms with Gasteiger partial charge in [-0.2, -0.15) is 0 Å². The Morgan fingerprint density at radius 2 is 1.70 bits per heavy atom. The summed E-state index contributed by atoms with van der Waals surface area (Å²) in [6.07, 6.45) is 0.231. The van der Waals surface area contributed by atoms with Gasteiger partial charge in [-0.25, -0.2) is 4.79 Å². The molecule has 3 aromatic rings. The van der Waals surface area contributed by atoms with Crippen LogP contribution in [-0.2, 0) is 6.42 Å². The lowest BCUT2D eigenvalue weighted by Crippen LogP contribution is -2.04. The van der Waals surface area contributed by atoms with Gasteiger partial charge in [-0.05, 0) is 41.0 Å². The number of aromatic carboxylic acids is 1. The van der Waals surface area contributed by atoms with E-state index < -0.39 is 5.97 Å². The normalized spacial score (nSPS) is 10.8. The lowest BCUT2D eigenvalue weighted by atomic mass is 9.91. The quantitative estimate of drug-likeness (QED) is 0.642. The minimum Gasteiger partial charge on any atom is -0.504 e. The molecule has 0 saturated heterocycles. The summed E-state index contributed by atoms with van der Waals surface area (Å²) in [5.74, 6) is -1.83. The summed E-state index contributed by atoms with van der Waals surface area (Å²) >= 11 is 0. The molecule has 0 aliphatic carbocycles. The fourth-order valence-electron chi connectivity index (χ4n) is 2.86. The average Bonchev–Trinajstić information content (AvgIpc) is 2.54. The first-order valence-corrected chi connectivity index (χ1v) is 7.23. The van der Waals surface area contributed by atoms with E-state index in [0.29, 0.717) is 0 Å². The highest BCUT2D eigenvalue weighted by atomic mass is 16.4. The van der Waals surface area contributed by atoms with Gasteiger partial charge in [0.2, 0.25) is 0 Å². The predicted octanol–water partition coefficient (Wildman–Crippen LogP) is 3.85. The fourth-order valence-corrected chi connectivity index (χ4v) is 2.86. The zero-order valence-corrected chi connectivity index (χ0v) is 12.6. The number of phenolic OH excluding ortho intramolecular Hbond substituents is 2. The smallest absolute Gasteiger partial charge is 0.336 e. The number of fused-ring (bicyclic) bond motifs is 1. The van der Waals surface area contributed by atoms with Crippen molar-refractivity contribution in [2.75, 3.05) is 0 Å². The van der Waals surface area contributed by atoms with E-state index in [-0.39, 0.29) is 29.0 Å². The number of carboxylic acids is 1. The maximum atomic E-state index is 11.4. The summed E-state index contributed by atoms with van der Waals surface area (Å²) in [6.45, 7) is 1.95. The largest absolute Gasteiger partial charge is 0.504 e. The Morgan fingerprint density at radius 1 is 0.957 bits per heavy atom. The van der Waals surface area contributed by atoms with Crippen LogP contribution in [0.1, 0.15) is 27.0 Å². The zero-order chi connectivity index (χ0) is 16.6. The van der Waals surface area contributed by atoms with Crippen molar-refractivity contribution in [1.82, 2.24) is 0 Å². The van der Waals surface area contributed by atoms with E-state index in [1.807, 2.05) is 43.3 Å². The number of hydrogen-bond donors (Lipinski definition) is 3. The van der Waals surface area contributed by atoms with Gasteiger partial charge in [-0.3, -0.25) is 0 Å². The van der Waals surface area contributed by atoms with E-state index in [2.05, 4.69) is 0 Å². The third-order valence-electron chi connectivity index (χ3n) is 4.12. The SMILES string of the molecule is Cc1ccc2ccccc2c1Cc1c(C(=O)O)ccc(O)c1O. The van der Waals surface area contributed by atoms with Crippen molar-refractivity contribution in [3.8, 4) is 11.5 Å². The van der Waals surface area contributed by atoms with Crippen LogP contribution < -0.4 is 0 Å². The second kappa shape index (κ2) is 5.65. The molecule has 116 valence electrons. The van der Waals surface area contributed by atoms with Crippen LogP contribution in [0.3, 0.4) is 0 Å². The van der Waals surface area contributed by atoms with Crippen molar-refractivity contribution in [2.45, 2.75) is 13.3 Å². The lowest BCUT2D eigenvalue weighted by molar-refractivity contribution is 0.0695. The van der Waals surface area contributed by atoms with Crippen molar-refractivity contribution < 1.29 is 20.1 Å².